The Morgan fingerprint density at radius 1 is 1.19 bits per heavy atom. The molecule has 2 aromatic carbocycles. The van der Waals surface area contributed by atoms with Gasteiger partial charge in [0.1, 0.15) is 10.7 Å². The van der Waals surface area contributed by atoms with Crippen LogP contribution in [0.1, 0.15) is 34.1 Å². The van der Waals surface area contributed by atoms with E-state index in [-0.39, 0.29) is 12.1 Å². The monoisotopic (exact) mass is 400 g/mol. The minimum absolute atomic E-state index is 0.210. The second kappa shape index (κ2) is 8.33. The maximum Gasteiger partial charge on any atom is 0.305 e. The predicted octanol–water partition coefficient (Wildman–Crippen LogP) is 4.72. The molecule has 3 aromatic rings. The van der Waals surface area contributed by atoms with E-state index in [1.54, 1.807) is 11.4 Å². The summed E-state index contributed by atoms with van der Waals surface area (Å²) in [5.74, 6) is -1.40. The van der Waals surface area contributed by atoms with Crippen molar-refractivity contribution in [2.75, 3.05) is 0 Å². The van der Waals surface area contributed by atoms with Crippen molar-refractivity contribution in [3.8, 4) is 10.6 Å². The predicted molar refractivity (Wildman–Crippen MR) is 106 cm³/mol. The van der Waals surface area contributed by atoms with Gasteiger partial charge in [-0.25, -0.2) is 4.98 Å². The highest BCUT2D eigenvalue weighted by Gasteiger charge is 2.22. The van der Waals surface area contributed by atoms with Gasteiger partial charge in [0.25, 0.3) is 5.91 Å². The lowest BCUT2D eigenvalue weighted by molar-refractivity contribution is -0.137. The molecule has 0 aliphatic carbocycles. The van der Waals surface area contributed by atoms with Crippen LogP contribution >= 0.6 is 22.9 Å². The van der Waals surface area contributed by atoms with Gasteiger partial charge in [-0.15, -0.1) is 11.3 Å². The molecular formula is C20H17ClN2O3S. The summed E-state index contributed by atoms with van der Waals surface area (Å²) in [6, 6.07) is 14.0. The van der Waals surface area contributed by atoms with Crippen molar-refractivity contribution in [3.63, 3.8) is 0 Å². The van der Waals surface area contributed by atoms with Gasteiger partial charge in [-0.3, -0.25) is 9.59 Å². The average molecular weight is 401 g/mol. The third-order valence-electron chi connectivity index (χ3n) is 4.09. The van der Waals surface area contributed by atoms with E-state index < -0.39 is 17.9 Å². The molecule has 5 nitrogen and oxygen atoms in total. The van der Waals surface area contributed by atoms with Gasteiger partial charge >= 0.3 is 5.97 Å². The molecular weight excluding hydrogens is 384 g/mol. The van der Waals surface area contributed by atoms with Gasteiger partial charge in [0, 0.05) is 10.9 Å². The highest BCUT2D eigenvalue weighted by atomic mass is 35.5. The number of carboxylic acids is 1. The van der Waals surface area contributed by atoms with Crippen LogP contribution in [0.5, 0.6) is 0 Å². The number of rotatable bonds is 6. The van der Waals surface area contributed by atoms with E-state index in [2.05, 4.69) is 10.3 Å². The van der Waals surface area contributed by atoms with Crippen molar-refractivity contribution in [2.45, 2.75) is 19.4 Å². The van der Waals surface area contributed by atoms with Crippen molar-refractivity contribution in [1.29, 1.82) is 0 Å². The highest BCUT2D eigenvalue weighted by Crippen LogP contribution is 2.30. The Balaban J connectivity index is 1.83. The molecule has 0 spiro atoms. The number of benzene rings is 2. The molecule has 7 heteroatoms. The molecule has 0 radical (unpaired) electrons. The average Bonchev–Trinajstić information content (AvgIpc) is 3.11. The van der Waals surface area contributed by atoms with E-state index in [1.165, 1.54) is 11.3 Å². The Kier molecular flexibility index (Phi) is 5.88. The second-order valence-corrected chi connectivity index (χ2v) is 7.26. The number of carbonyl (C=O) groups is 2. The number of thiazole rings is 1. The van der Waals surface area contributed by atoms with Crippen LogP contribution < -0.4 is 5.32 Å². The fourth-order valence-corrected chi connectivity index (χ4v) is 3.88. The first-order valence-corrected chi connectivity index (χ1v) is 9.50. The first kappa shape index (κ1) is 19.1. The second-order valence-electron chi connectivity index (χ2n) is 6.00. The van der Waals surface area contributed by atoms with Gasteiger partial charge in [0.2, 0.25) is 0 Å². The van der Waals surface area contributed by atoms with E-state index >= 15 is 0 Å². The Hall–Kier alpha value is -2.70. The zero-order chi connectivity index (χ0) is 19.4. The van der Waals surface area contributed by atoms with Crippen LogP contribution in [0, 0.1) is 6.92 Å². The van der Waals surface area contributed by atoms with Crippen LogP contribution in [-0.4, -0.2) is 22.0 Å². The van der Waals surface area contributed by atoms with Crippen LogP contribution in [0.25, 0.3) is 10.6 Å². The maximum atomic E-state index is 12.7. The van der Waals surface area contributed by atoms with E-state index in [4.69, 9.17) is 11.6 Å². The zero-order valence-electron chi connectivity index (χ0n) is 14.5. The highest BCUT2D eigenvalue weighted by molar-refractivity contribution is 7.13. The van der Waals surface area contributed by atoms with Crippen LogP contribution in [0.15, 0.2) is 53.9 Å². The summed E-state index contributed by atoms with van der Waals surface area (Å²) >= 11 is 7.50. The van der Waals surface area contributed by atoms with Gasteiger partial charge in [-0.05, 0) is 24.1 Å². The van der Waals surface area contributed by atoms with Crippen molar-refractivity contribution < 1.29 is 14.7 Å². The van der Waals surface area contributed by atoms with E-state index in [9.17, 15) is 14.7 Å². The molecule has 0 saturated carbocycles. The Labute approximate surface area is 165 Å². The number of aliphatic carboxylic acids is 1. The summed E-state index contributed by atoms with van der Waals surface area (Å²) in [5.41, 5.74) is 2.68. The van der Waals surface area contributed by atoms with Crippen molar-refractivity contribution in [2.24, 2.45) is 0 Å². The number of aryl methyl sites for hydroxylation is 1. The molecule has 0 aliphatic heterocycles. The Morgan fingerprint density at radius 3 is 2.59 bits per heavy atom. The van der Waals surface area contributed by atoms with Crippen molar-refractivity contribution in [3.05, 3.63) is 75.8 Å². The fraction of sp³-hybridized carbons (Fsp3) is 0.150. The molecule has 27 heavy (non-hydrogen) atoms. The summed E-state index contributed by atoms with van der Waals surface area (Å²) in [6.45, 7) is 1.88. The van der Waals surface area contributed by atoms with Gasteiger partial charge in [0.05, 0.1) is 17.5 Å². The van der Waals surface area contributed by atoms with Crippen LogP contribution in [0.3, 0.4) is 0 Å². The topological polar surface area (TPSA) is 79.3 Å². The number of carboxylic acid groups (broad SMARTS) is 1. The number of carbonyl (C=O) groups excluding carboxylic acids is 1. The van der Waals surface area contributed by atoms with Crippen LogP contribution in [0.2, 0.25) is 5.02 Å². The minimum atomic E-state index is -0.987. The standard InChI is InChI=1S/C20H17ClN2O3S/c1-12-6-2-3-7-13(12)16(10-18(24)25)22-19(26)17-11-27-20(23-17)14-8-4-5-9-15(14)21/h2-9,11,16H,10H2,1H3,(H,22,26)(H,24,25)/t16-/m0/s1. The number of nitrogens with one attached hydrogen (secondary N) is 1. The van der Waals surface area contributed by atoms with Gasteiger partial charge in [0.15, 0.2) is 0 Å². The molecule has 1 heterocycles. The van der Waals surface area contributed by atoms with Crippen molar-refractivity contribution in [1.82, 2.24) is 10.3 Å². The number of nitrogens with zero attached hydrogens (tertiary/aromatic N) is 1. The molecule has 0 bridgehead atoms. The normalized spacial score (nSPS) is 11.8. The molecule has 2 N–H and O–H groups in total. The van der Waals surface area contributed by atoms with Crippen LogP contribution in [-0.2, 0) is 4.79 Å². The smallest absolute Gasteiger partial charge is 0.305 e. The molecule has 1 amide bonds. The minimum Gasteiger partial charge on any atom is -0.481 e. The number of hydrogen-bond donors (Lipinski definition) is 2. The number of hydrogen-bond acceptors (Lipinski definition) is 4. The molecule has 0 saturated heterocycles. The van der Waals surface area contributed by atoms with E-state index in [0.717, 1.165) is 16.7 Å². The van der Waals surface area contributed by atoms with Gasteiger partial charge in [-0.2, -0.15) is 0 Å². The lowest BCUT2D eigenvalue weighted by Crippen LogP contribution is -2.30. The lowest BCUT2D eigenvalue weighted by atomic mass is 9.98. The number of halogens is 1. The van der Waals surface area contributed by atoms with Crippen molar-refractivity contribution >= 4 is 34.8 Å². The van der Waals surface area contributed by atoms with Gasteiger partial charge in [-0.1, -0.05) is 54.1 Å². The van der Waals surface area contributed by atoms with E-state index in [0.29, 0.717) is 10.0 Å². The zero-order valence-corrected chi connectivity index (χ0v) is 16.1. The Bertz CT molecular complexity index is 987. The summed E-state index contributed by atoms with van der Waals surface area (Å²) in [6.07, 6.45) is -0.210. The number of amides is 1. The molecule has 138 valence electrons. The summed E-state index contributed by atoms with van der Waals surface area (Å²) in [7, 11) is 0. The largest absolute Gasteiger partial charge is 0.481 e. The summed E-state index contributed by atoms with van der Waals surface area (Å²) in [5, 5.41) is 14.9. The third-order valence-corrected chi connectivity index (χ3v) is 5.29. The first-order valence-electron chi connectivity index (χ1n) is 8.24. The Morgan fingerprint density at radius 2 is 1.89 bits per heavy atom. The SMILES string of the molecule is Cc1ccccc1[C@H](CC(=O)O)NC(=O)c1csc(-c2ccccc2Cl)n1. The number of aromatic nitrogens is 1. The summed E-state index contributed by atoms with van der Waals surface area (Å²) < 4.78 is 0. The molecule has 3 rings (SSSR count). The third kappa shape index (κ3) is 4.53. The molecule has 0 fully saturated rings. The van der Waals surface area contributed by atoms with Gasteiger partial charge < -0.3 is 10.4 Å². The molecule has 1 aromatic heterocycles. The van der Waals surface area contributed by atoms with E-state index in [1.807, 2.05) is 49.4 Å². The first-order chi connectivity index (χ1) is 13.0. The summed E-state index contributed by atoms with van der Waals surface area (Å²) in [4.78, 5) is 28.3. The van der Waals surface area contributed by atoms with Crippen LogP contribution in [0.4, 0.5) is 0 Å². The maximum absolute atomic E-state index is 12.7. The fourth-order valence-electron chi connectivity index (χ4n) is 2.76. The molecule has 1 atom stereocenters. The molecule has 0 aliphatic rings. The molecule has 0 unspecified atom stereocenters. The lowest BCUT2D eigenvalue weighted by Gasteiger charge is -2.18. The quantitative estimate of drug-likeness (QED) is 0.627.